The lowest BCUT2D eigenvalue weighted by Crippen LogP contribution is -2.01. The fraction of sp³-hybridized carbons (Fsp3) is 0.0588. The molecule has 0 amide bonds. The highest BCUT2D eigenvalue weighted by molar-refractivity contribution is 6.34. The first kappa shape index (κ1) is 14.3. The summed E-state index contributed by atoms with van der Waals surface area (Å²) in [5.41, 5.74) is 1.19. The third kappa shape index (κ3) is 2.75. The van der Waals surface area contributed by atoms with Crippen LogP contribution >= 0.6 is 23.2 Å². The van der Waals surface area contributed by atoms with Gasteiger partial charge in [-0.2, -0.15) is 0 Å². The van der Waals surface area contributed by atoms with E-state index in [1.165, 1.54) is 6.07 Å². The molecular formula is C17H11Cl2FO. The number of rotatable bonds is 2. The summed E-state index contributed by atoms with van der Waals surface area (Å²) in [5, 5.41) is 12.6. The van der Waals surface area contributed by atoms with Crippen LogP contribution in [-0.2, 0) is 0 Å². The molecule has 0 aliphatic carbocycles. The van der Waals surface area contributed by atoms with Gasteiger partial charge in [0.05, 0.1) is 0 Å². The van der Waals surface area contributed by atoms with Crippen LogP contribution in [0.3, 0.4) is 0 Å². The zero-order valence-corrected chi connectivity index (χ0v) is 12.4. The third-order valence-electron chi connectivity index (χ3n) is 3.40. The zero-order chi connectivity index (χ0) is 15.0. The standard InChI is InChI=1S/C17H11Cl2FO/c18-11-7-10(8-12(19)9-11)17(21)15-5-6-16(20)14-4-2-1-3-13(14)15/h1-9,17,21H. The van der Waals surface area contributed by atoms with Crippen molar-refractivity contribution in [3.8, 4) is 0 Å². The third-order valence-corrected chi connectivity index (χ3v) is 3.84. The monoisotopic (exact) mass is 320 g/mol. The van der Waals surface area contributed by atoms with E-state index in [4.69, 9.17) is 23.2 Å². The van der Waals surface area contributed by atoms with Gasteiger partial charge < -0.3 is 5.11 Å². The van der Waals surface area contributed by atoms with Crippen molar-refractivity contribution in [1.82, 2.24) is 0 Å². The molecule has 4 heteroatoms. The molecule has 0 bridgehead atoms. The summed E-state index contributed by atoms with van der Waals surface area (Å²) >= 11 is 11.9. The van der Waals surface area contributed by atoms with Crippen molar-refractivity contribution in [1.29, 1.82) is 0 Å². The number of hydrogen-bond donors (Lipinski definition) is 1. The molecule has 0 saturated heterocycles. The first-order chi connectivity index (χ1) is 10.1. The summed E-state index contributed by atoms with van der Waals surface area (Å²) < 4.78 is 13.8. The van der Waals surface area contributed by atoms with Crippen LogP contribution in [0.2, 0.25) is 10.0 Å². The van der Waals surface area contributed by atoms with Crippen molar-refractivity contribution >= 4 is 34.0 Å². The molecular weight excluding hydrogens is 310 g/mol. The average molecular weight is 321 g/mol. The van der Waals surface area contributed by atoms with E-state index in [1.807, 2.05) is 6.07 Å². The summed E-state index contributed by atoms with van der Waals surface area (Å²) in [5.74, 6) is -0.314. The minimum absolute atomic E-state index is 0.314. The second-order valence-corrected chi connectivity index (χ2v) is 5.66. The second-order valence-electron chi connectivity index (χ2n) is 4.79. The number of benzene rings is 3. The molecule has 3 aromatic carbocycles. The number of hydrogen-bond acceptors (Lipinski definition) is 1. The van der Waals surface area contributed by atoms with Gasteiger partial charge in [0.25, 0.3) is 0 Å². The van der Waals surface area contributed by atoms with Gasteiger partial charge in [0.1, 0.15) is 11.9 Å². The van der Waals surface area contributed by atoms with E-state index in [0.29, 0.717) is 31.9 Å². The molecule has 0 radical (unpaired) electrons. The Balaban J connectivity index is 2.18. The second kappa shape index (κ2) is 5.64. The zero-order valence-electron chi connectivity index (χ0n) is 10.9. The maximum absolute atomic E-state index is 13.8. The lowest BCUT2D eigenvalue weighted by molar-refractivity contribution is 0.222. The van der Waals surface area contributed by atoms with E-state index >= 15 is 0 Å². The van der Waals surface area contributed by atoms with Gasteiger partial charge in [0.15, 0.2) is 0 Å². The van der Waals surface area contributed by atoms with Crippen LogP contribution in [0.5, 0.6) is 0 Å². The molecule has 1 nitrogen and oxygen atoms in total. The molecule has 3 rings (SSSR count). The SMILES string of the molecule is OC(c1cc(Cl)cc(Cl)c1)c1ccc(F)c2ccccc12. The lowest BCUT2D eigenvalue weighted by Gasteiger charge is -2.15. The Morgan fingerprint density at radius 3 is 2.14 bits per heavy atom. The van der Waals surface area contributed by atoms with Crippen LogP contribution in [-0.4, -0.2) is 5.11 Å². The minimum Gasteiger partial charge on any atom is -0.384 e. The average Bonchev–Trinajstić information content (AvgIpc) is 2.46. The molecule has 1 unspecified atom stereocenters. The van der Waals surface area contributed by atoms with Gasteiger partial charge in [0, 0.05) is 15.4 Å². The summed E-state index contributed by atoms with van der Waals surface area (Å²) in [4.78, 5) is 0. The van der Waals surface area contributed by atoms with Crippen LogP contribution in [0.15, 0.2) is 54.6 Å². The maximum atomic E-state index is 13.8. The predicted molar refractivity (Wildman–Crippen MR) is 84.4 cm³/mol. The van der Waals surface area contributed by atoms with Gasteiger partial charge in [-0.05, 0) is 40.8 Å². The molecule has 1 atom stereocenters. The highest BCUT2D eigenvalue weighted by Gasteiger charge is 2.16. The van der Waals surface area contributed by atoms with Crippen molar-refractivity contribution in [2.75, 3.05) is 0 Å². The van der Waals surface area contributed by atoms with E-state index in [9.17, 15) is 9.50 Å². The maximum Gasteiger partial charge on any atom is 0.131 e. The predicted octanol–water partition coefficient (Wildman–Crippen LogP) is 5.37. The first-order valence-electron chi connectivity index (χ1n) is 6.37. The van der Waals surface area contributed by atoms with Crippen LogP contribution in [0.4, 0.5) is 4.39 Å². The Morgan fingerprint density at radius 1 is 0.857 bits per heavy atom. The molecule has 0 aliphatic heterocycles. The highest BCUT2D eigenvalue weighted by atomic mass is 35.5. The molecule has 3 aromatic rings. The fourth-order valence-corrected chi connectivity index (χ4v) is 2.98. The fourth-order valence-electron chi connectivity index (χ4n) is 2.44. The summed E-state index contributed by atoms with van der Waals surface area (Å²) in [7, 11) is 0. The molecule has 1 N–H and O–H groups in total. The summed E-state index contributed by atoms with van der Waals surface area (Å²) in [6.07, 6.45) is -0.924. The first-order valence-corrected chi connectivity index (χ1v) is 7.13. The molecule has 0 spiro atoms. The van der Waals surface area contributed by atoms with E-state index in [-0.39, 0.29) is 5.82 Å². The van der Waals surface area contributed by atoms with Gasteiger partial charge in [-0.1, -0.05) is 53.5 Å². The van der Waals surface area contributed by atoms with E-state index in [0.717, 1.165) is 0 Å². The lowest BCUT2D eigenvalue weighted by atomic mass is 9.95. The number of aliphatic hydroxyl groups is 1. The van der Waals surface area contributed by atoms with Gasteiger partial charge in [-0.3, -0.25) is 0 Å². The van der Waals surface area contributed by atoms with Crippen molar-refractivity contribution < 1.29 is 9.50 Å². The van der Waals surface area contributed by atoms with Crippen LogP contribution in [0.1, 0.15) is 17.2 Å². The van der Waals surface area contributed by atoms with E-state index in [1.54, 1.807) is 42.5 Å². The normalized spacial score (nSPS) is 12.6. The quantitative estimate of drug-likeness (QED) is 0.673. The van der Waals surface area contributed by atoms with Crippen LogP contribution in [0, 0.1) is 5.82 Å². The minimum atomic E-state index is -0.924. The van der Waals surface area contributed by atoms with Gasteiger partial charge >= 0.3 is 0 Å². The molecule has 0 aromatic heterocycles. The van der Waals surface area contributed by atoms with Crippen LogP contribution in [0.25, 0.3) is 10.8 Å². The largest absolute Gasteiger partial charge is 0.384 e. The van der Waals surface area contributed by atoms with Crippen molar-refractivity contribution in [2.24, 2.45) is 0 Å². The van der Waals surface area contributed by atoms with Crippen LogP contribution < -0.4 is 0 Å². The van der Waals surface area contributed by atoms with E-state index < -0.39 is 6.10 Å². The van der Waals surface area contributed by atoms with Gasteiger partial charge in [-0.15, -0.1) is 0 Å². The number of fused-ring (bicyclic) bond motifs is 1. The Bertz CT molecular complexity index is 797. The van der Waals surface area contributed by atoms with Crippen molar-refractivity contribution in [3.05, 3.63) is 81.6 Å². The topological polar surface area (TPSA) is 20.2 Å². The smallest absolute Gasteiger partial charge is 0.131 e. The summed E-state index contributed by atoms with van der Waals surface area (Å²) in [6.45, 7) is 0. The molecule has 106 valence electrons. The Labute approximate surface area is 131 Å². The van der Waals surface area contributed by atoms with Gasteiger partial charge in [-0.25, -0.2) is 4.39 Å². The molecule has 0 fully saturated rings. The Kier molecular flexibility index (Phi) is 3.85. The molecule has 0 saturated carbocycles. The summed E-state index contributed by atoms with van der Waals surface area (Å²) in [6, 6.07) is 14.9. The number of halogens is 3. The molecule has 0 heterocycles. The molecule has 0 aliphatic rings. The highest BCUT2D eigenvalue weighted by Crippen LogP contribution is 2.32. The van der Waals surface area contributed by atoms with Gasteiger partial charge in [0.2, 0.25) is 0 Å². The van der Waals surface area contributed by atoms with Crippen molar-refractivity contribution in [3.63, 3.8) is 0 Å². The Hall–Kier alpha value is -1.61. The van der Waals surface area contributed by atoms with E-state index in [2.05, 4.69) is 0 Å². The van der Waals surface area contributed by atoms with Crippen molar-refractivity contribution in [2.45, 2.75) is 6.10 Å². The Morgan fingerprint density at radius 2 is 1.48 bits per heavy atom. The molecule has 21 heavy (non-hydrogen) atoms. The number of aliphatic hydroxyl groups excluding tert-OH is 1.